The van der Waals surface area contributed by atoms with Crippen LogP contribution in [0.3, 0.4) is 0 Å². The lowest BCUT2D eigenvalue weighted by molar-refractivity contribution is -0.146. The summed E-state index contributed by atoms with van der Waals surface area (Å²) in [6.07, 6.45) is 0. The number of aliphatic carboxylic acids is 1. The second kappa shape index (κ2) is 7.13. The van der Waals surface area contributed by atoms with Crippen LogP contribution in [0, 0.1) is 19.3 Å². The van der Waals surface area contributed by atoms with E-state index in [-0.39, 0.29) is 18.5 Å². The van der Waals surface area contributed by atoms with Crippen LogP contribution in [0.2, 0.25) is 0 Å². The predicted octanol–water partition coefficient (Wildman–Crippen LogP) is 3.55. The number of hydrogen-bond acceptors (Lipinski definition) is 2. The summed E-state index contributed by atoms with van der Waals surface area (Å²) in [5.74, 6) is -1.18. The van der Waals surface area contributed by atoms with Gasteiger partial charge in [-0.05, 0) is 46.2 Å². The Bertz CT molecular complexity index is 776. The van der Waals surface area contributed by atoms with Crippen LogP contribution in [-0.2, 0) is 4.79 Å². The minimum atomic E-state index is -1.00. The molecule has 2 aromatic rings. The Balaban J connectivity index is 2.24. The van der Waals surface area contributed by atoms with Crippen molar-refractivity contribution in [2.75, 3.05) is 6.54 Å². The zero-order valence-electron chi connectivity index (χ0n) is 15.5. The van der Waals surface area contributed by atoms with Crippen molar-refractivity contribution in [3.8, 4) is 0 Å². The molecule has 5 nitrogen and oxygen atoms in total. The minimum Gasteiger partial charge on any atom is -0.481 e. The van der Waals surface area contributed by atoms with Crippen LogP contribution < -0.4 is 5.32 Å². The van der Waals surface area contributed by atoms with Crippen molar-refractivity contribution in [3.05, 3.63) is 58.9 Å². The van der Waals surface area contributed by atoms with Gasteiger partial charge in [0.1, 0.15) is 0 Å². The maximum absolute atomic E-state index is 12.5. The second-order valence-electron chi connectivity index (χ2n) is 7.11. The number of nitrogens with one attached hydrogen (secondary N) is 1. The Kier molecular flexibility index (Phi) is 5.36. The molecule has 134 valence electrons. The van der Waals surface area contributed by atoms with Gasteiger partial charge in [-0.1, -0.05) is 30.3 Å². The fourth-order valence-corrected chi connectivity index (χ4v) is 2.96. The van der Waals surface area contributed by atoms with Gasteiger partial charge >= 0.3 is 5.97 Å². The van der Waals surface area contributed by atoms with E-state index in [1.807, 2.05) is 38.1 Å². The third-order valence-electron chi connectivity index (χ3n) is 4.67. The highest BCUT2D eigenvalue weighted by Gasteiger charge is 2.28. The molecule has 1 aromatic heterocycles. The van der Waals surface area contributed by atoms with Gasteiger partial charge in [0, 0.05) is 17.9 Å². The average Bonchev–Trinajstić information content (AvgIpc) is 2.87. The van der Waals surface area contributed by atoms with E-state index in [9.17, 15) is 14.7 Å². The molecule has 0 fully saturated rings. The monoisotopic (exact) mass is 342 g/mol. The molecule has 0 aliphatic carbocycles. The van der Waals surface area contributed by atoms with Gasteiger partial charge in [-0.3, -0.25) is 9.59 Å². The molecule has 1 atom stereocenters. The van der Waals surface area contributed by atoms with Crippen molar-refractivity contribution >= 4 is 11.9 Å². The Hall–Kier alpha value is -2.56. The quantitative estimate of drug-likeness (QED) is 0.843. The lowest BCUT2D eigenvalue weighted by Gasteiger charge is -2.20. The van der Waals surface area contributed by atoms with Gasteiger partial charge in [0.2, 0.25) is 0 Å². The number of rotatable bonds is 6. The first-order valence-electron chi connectivity index (χ1n) is 8.40. The van der Waals surface area contributed by atoms with Gasteiger partial charge in [-0.15, -0.1) is 0 Å². The smallest absolute Gasteiger partial charge is 0.310 e. The SMILES string of the molecule is Cc1cc(C(=O)NCC(C)(C)C(=O)O)c(C)n1C(C)c1ccccc1. The standard InChI is InChI=1S/C20H26N2O3/c1-13-11-17(18(23)21-12-20(4,5)19(24)25)15(3)22(13)14(2)16-9-7-6-8-10-16/h6-11,14H,12H2,1-5H3,(H,21,23)(H,24,25). The highest BCUT2D eigenvalue weighted by molar-refractivity contribution is 5.96. The number of carbonyl (C=O) groups is 2. The Labute approximate surface area is 148 Å². The van der Waals surface area contributed by atoms with Crippen LogP contribution in [0.15, 0.2) is 36.4 Å². The van der Waals surface area contributed by atoms with E-state index in [0.29, 0.717) is 5.56 Å². The number of amides is 1. The maximum atomic E-state index is 12.5. The highest BCUT2D eigenvalue weighted by atomic mass is 16.4. The van der Waals surface area contributed by atoms with E-state index in [0.717, 1.165) is 11.4 Å². The summed E-state index contributed by atoms with van der Waals surface area (Å²) < 4.78 is 2.13. The first-order valence-corrected chi connectivity index (χ1v) is 8.40. The summed E-state index contributed by atoms with van der Waals surface area (Å²) in [4.78, 5) is 23.7. The molecule has 1 aromatic carbocycles. The topological polar surface area (TPSA) is 71.3 Å². The van der Waals surface area contributed by atoms with Crippen LogP contribution in [-0.4, -0.2) is 28.1 Å². The van der Waals surface area contributed by atoms with Crippen LogP contribution in [0.5, 0.6) is 0 Å². The molecule has 0 saturated heterocycles. The molecule has 0 bridgehead atoms. The van der Waals surface area contributed by atoms with E-state index in [1.165, 1.54) is 5.56 Å². The van der Waals surface area contributed by atoms with Gasteiger partial charge < -0.3 is 15.0 Å². The van der Waals surface area contributed by atoms with E-state index < -0.39 is 11.4 Å². The van der Waals surface area contributed by atoms with Gasteiger partial charge in [0.15, 0.2) is 0 Å². The first-order chi connectivity index (χ1) is 11.6. The molecule has 1 amide bonds. The summed E-state index contributed by atoms with van der Waals surface area (Å²) in [6.45, 7) is 9.27. The third kappa shape index (κ3) is 3.92. The summed E-state index contributed by atoms with van der Waals surface area (Å²) in [7, 11) is 0. The van der Waals surface area contributed by atoms with Crippen LogP contribution in [0.1, 0.15) is 54.1 Å². The third-order valence-corrected chi connectivity index (χ3v) is 4.67. The molecule has 0 aliphatic heterocycles. The number of hydrogen-bond donors (Lipinski definition) is 2. The highest BCUT2D eigenvalue weighted by Crippen LogP contribution is 2.25. The zero-order chi connectivity index (χ0) is 18.8. The maximum Gasteiger partial charge on any atom is 0.310 e. The van der Waals surface area contributed by atoms with Crippen LogP contribution in [0.4, 0.5) is 0 Å². The summed E-state index contributed by atoms with van der Waals surface area (Å²) in [6, 6.07) is 12.1. The van der Waals surface area contributed by atoms with Gasteiger partial charge in [-0.2, -0.15) is 0 Å². The lowest BCUT2D eigenvalue weighted by atomic mass is 9.94. The molecule has 2 rings (SSSR count). The van der Waals surface area contributed by atoms with Crippen LogP contribution >= 0.6 is 0 Å². The number of carbonyl (C=O) groups excluding carboxylic acids is 1. The lowest BCUT2D eigenvalue weighted by Crippen LogP contribution is -2.39. The van der Waals surface area contributed by atoms with E-state index >= 15 is 0 Å². The van der Waals surface area contributed by atoms with E-state index in [1.54, 1.807) is 13.8 Å². The minimum absolute atomic E-state index is 0.0824. The fourth-order valence-electron chi connectivity index (χ4n) is 2.96. The van der Waals surface area contributed by atoms with Crippen molar-refractivity contribution in [2.45, 2.75) is 40.7 Å². The number of carboxylic acid groups (broad SMARTS) is 1. The van der Waals surface area contributed by atoms with Gasteiger partial charge in [-0.25, -0.2) is 0 Å². The summed E-state index contributed by atoms with van der Waals surface area (Å²) in [5, 5.41) is 11.9. The van der Waals surface area contributed by atoms with Crippen molar-refractivity contribution in [1.29, 1.82) is 0 Å². The molecule has 0 aliphatic rings. The Morgan fingerprint density at radius 3 is 2.36 bits per heavy atom. The summed E-state index contributed by atoms with van der Waals surface area (Å²) in [5.41, 5.74) is 2.62. The Morgan fingerprint density at radius 2 is 1.80 bits per heavy atom. The average molecular weight is 342 g/mol. The number of benzene rings is 1. The molecule has 5 heteroatoms. The van der Waals surface area contributed by atoms with Crippen molar-refractivity contribution in [1.82, 2.24) is 9.88 Å². The molecule has 0 spiro atoms. The number of nitrogens with zero attached hydrogens (tertiary/aromatic N) is 1. The van der Waals surface area contributed by atoms with Gasteiger partial charge in [0.25, 0.3) is 5.91 Å². The molecule has 0 saturated carbocycles. The molecular weight excluding hydrogens is 316 g/mol. The number of aromatic nitrogens is 1. The second-order valence-corrected chi connectivity index (χ2v) is 7.11. The molecule has 1 heterocycles. The fraction of sp³-hybridized carbons (Fsp3) is 0.400. The number of aryl methyl sites for hydroxylation is 1. The predicted molar refractivity (Wildman–Crippen MR) is 97.9 cm³/mol. The largest absolute Gasteiger partial charge is 0.481 e. The summed E-state index contributed by atoms with van der Waals surface area (Å²) >= 11 is 0. The molecular formula is C20H26N2O3. The van der Waals surface area contributed by atoms with Gasteiger partial charge in [0.05, 0.1) is 17.0 Å². The molecule has 25 heavy (non-hydrogen) atoms. The number of carboxylic acids is 1. The first kappa shape index (κ1) is 18.8. The van der Waals surface area contributed by atoms with Crippen molar-refractivity contribution < 1.29 is 14.7 Å². The van der Waals surface area contributed by atoms with Crippen molar-refractivity contribution in [2.24, 2.45) is 5.41 Å². The zero-order valence-corrected chi connectivity index (χ0v) is 15.5. The molecule has 2 N–H and O–H groups in total. The van der Waals surface area contributed by atoms with Crippen LogP contribution in [0.25, 0.3) is 0 Å². The van der Waals surface area contributed by atoms with E-state index in [2.05, 4.69) is 28.9 Å². The molecule has 0 radical (unpaired) electrons. The van der Waals surface area contributed by atoms with E-state index in [4.69, 9.17) is 0 Å². The molecule has 1 unspecified atom stereocenters. The van der Waals surface area contributed by atoms with Crippen molar-refractivity contribution in [3.63, 3.8) is 0 Å². The normalized spacial score (nSPS) is 12.7. The Morgan fingerprint density at radius 1 is 1.20 bits per heavy atom.